The number of carbonyl (C=O) groups excluding carboxylic acids is 2. The molecule has 5 rings (SSSR count). The van der Waals surface area contributed by atoms with Gasteiger partial charge in [0.15, 0.2) is 17.0 Å². The van der Waals surface area contributed by atoms with Crippen LogP contribution in [0.4, 0.5) is 27.9 Å². The number of anilines is 4. The maximum Gasteiger partial charge on any atom is 0.407 e. The molecular weight excluding hydrogens is 512 g/mol. The first-order valence-electron chi connectivity index (χ1n) is 13.7. The minimum Gasteiger partial charge on any atom is -0.476 e. The molecule has 0 atom stereocenters. The summed E-state index contributed by atoms with van der Waals surface area (Å²) in [5.74, 6) is 1.55. The quantitative estimate of drug-likeness (QED) is 0.359. The van der Waals surface area contributed by atoms with Gasteiger partial charge >= 0.3 is 6.09 Å². The second-order valence-electron chi connectivity index (χ2n) is 12.1. The van der Waals surface area contributed by atoms with Gasteiger partial charge in [-0.05, 0) is 77.5 Å². The average Bonchev–Trinajstić information content (AvgIpc) is 3.36. The van der Waals surface area contributed by atoms with Gasteiger partial charge in [-0.25, -0.2) is 9.78 Å². The number of hydrogen-bond acceptors (Lipinski definition) is 9. The van der Waals surface area contributed by atoms with E-state index in [4.69, 9.17) is 18.9 Å². The molecule has 0 spiro atoms. The normalized spacial score (nSPS) is 17.9. The lowest BCUT2D eigenvalue weighted by Gasteiger charge is -2.42. The van der Waals surface area contributed by atoms with Crippen LogP contribution in [0, 0.1) is 5.41 Å². The van der Waals surface area contributed by atoms with Gasteiger partial charge in [0.2, 0.25) is 5.95 Å². The number of nitrogens with one attached hydrogen (secondary N) is 3. The molecule has 3 aromatic rings. The molecule has 0 radical (unpaired) electrons. The van der Waals surface area contributed by atoms with E-state index in [9.17, 15) is 9.59 Å². The Bertz CT molecular complexity index is 1420. The van der Waals surface area contributed by atoms with E-state index in [2.05, 4.69) is 32.8 Å². The van der Waals surface area contributed by atoms with E-state index in [1.807, 2.05) is 39.0 Å². The van der Waals surface area contributed by atoms with Gasteiger partial charge < -0.3 is 34.7 Å². The molecule has 1 fully saturated rings. The fourth-order valence-corrected chi connectivity index (χ4v) is 5.06. The molecule has 3 N–H and O–H groups in total. The van der Waals surface area contributed by atoms with E-state index in [0.717, 1.165) is 38.2 Å². The number of furan rings is 1. The van der Waals surface area contributed by atoms with Crippen molar-refractivity contribution in [2.24, 2.45) is 5.41 Å². The number of carbonyl (C=O) groups is 2. The van der Waals surface area contributed by atoms with Crippen molar-refractivity contribution in [2.45, 2.75) is 72.0 Å². The van der Waals surface area contributed by atoms with Crippen molar-refractivity contribution in [2.75, 3.05) is 35.2 Å². The van der Waals surface area contributed by atoms with Crippen LogP contribution in [0.1, 0.15) is 60.8 Å². The Morgan fingerprint density at radius 2 is 1.93 bits per heavy atom. The fraction of sp³-hybridized carbons (Fsp3) is 0.517. The number of alkyl carbamates (subject to hydrolysis) is 1. The van der Waals surface area contributed by atoms with Crippen LogP contribution in [0.2, 0.25) is 0 Å². The van der Waals surface area contributed by atoms with Crippen molar-refractivity contribution in [3.8, 4) is 5.75 Å². The monoisotopic (exact) mass is 550 g/mol. The maximum atomic E-state index is 12.4. The number of nitrogens with zero attached hydrogens (tertiary/aromatic N) is 3. The number of benzene rings is 1. The third kappa shape index (κ3) is 5.78. The highest BCUT2D eigenvalue weighted by Gasteiger charge is 2.36. The number of ether oxygens (including phenoxy) is 2. The first-order chi connectivity index (χ1) is 18.9. The first kappa shape index (κ1) is 27.5. The van der Waals surface area contributed by atoms with Crippen LogP contribution in [0.15, 0.2) is 34.9 Å². The van der Waals surface area contributed by atoms with E-state index in [1.54, 1.807) is 26.2 Å². The number of fused-ring (bicyclic) bond motifs is 2. The molecule has 0 saturated carbocycles. The van der Waals surface area contributed by atoms with Crippen LogP contribution in [-0.4, -0.2) is 52.8 Å². The number of amides is 2. The second-order valence-corrected chi connectivity index (χ2v) is 12.1. The van der Waals surface area contributed by atoms with E-state index in [0.29, 0.717) is 40.7 Å². The van der Waals surface area contributed by atoms with Crippen molar-refractivity contribution in [3.63, 3.8) is 0 Å². The highest BCUT2D eigenvalue weighted by atomic mass is 16.6. The second kappa shape index (κ2) is 10.2. The molecule has 2 aliphatic rings. The van der Waals surface area contributed by atoms with E-state index in [-0.39, 0.29) is 17.4 Å². The Kier molecular flexibility index (Phi) is 7.01. The van der Waals surface area contributed by atoms with Crippen LogP contribution < -0.4 is 25.6 Å². The van der Waals surface area contributed by atoms with Crippen LogP contribution in [0.3, 0.4) is 0 Å². The standard InChI is InChI=1S/C29H38N6O5/c1-7-29(17-30-26(37)40-27(2,3)4)11-13-35(14-12-29)23-22-19(10-15-38-22)33-25(34-23)31-18-8-9-21-20(16-18)32-24(36)28(5,6)39-21/h8-10,15-16H,7,11-14,17H2,1-6H3,(H,30,37)(H,32,36)(H,31,33,34). The Labute approximate surface area is 234 Å². The predicted octanol–water partition coefficient (Wildman–Crippen LogP) is 5.60. The maximum absolute atomic E-state index is 12.4. The summed E-state index contributed by atoms with van der Waals surface area (Å²) >= 11 is 0. The van der Waals surface area contributed by atoms with Crippen LogP contribution in [-0.2, 0) is 9.53 Å². The lowest BCUT2D eigenvalue weighted by molar-refractivity contribution is -0.129. The Balaban J connectivity index is 1.31. The minimum absolute atomic E-state index is 0.0198. The van der Waals surface area contributed by atoms with Crippen molar-refractivity contribution in [3.05, 3.63) is 30.5 Å². The van der Waals surface area contributed by atoms with Gasteiger partial charge in [-0.15, -0.1) is 0 Å². The van der Waals surface area contributed by atoms with Gasteiger partial charge in [-0.1, -0.05) is 6.92 Å². The molecule has 1 aromatic carbocycles. The molecule has 40 heavy (non-hydrogen) atoms. The molecule has 11 heteroatoms. The molecule has 0 bridgehead atoms. The molecule has 2 aromatic heterocycles. The summed E-state index contributed by atoms with van der Waals surface area (Å²) in [5, 5.41) is 9.15. The molecule has 4 heterocycles. The molecule has 0 aliphatic carbocycles. The summed E-state index contributed by atoms with van der Waals surface area (Å²) in [6.45, 7) is 13.3. The van der Waals surface area contributed by atoms with Gasteiger partial charge in [0.05, 0.1) is 12.0 Å². The van der Waals surface area contributed by atoms with E-state index >= 15 is 0 Å². The summed E-state index contributed by atoms with van der Waals surface area (Å²) in [5.41, 5.74) is 1.16. The molecule has 11 nitrogen and oxygen atoms in total. The fourth-order valence-electron chi connectivity index (χ4n) is 5.06. The van der Waals surface area contributed by atoms with Gasteiger partial charge in [0, 0.05) is 31.4 Å². The third-order valence-electron chi connectivity index (χ3n) is 7.56. The summed E-state index contributed by atoms with van der Waals surface area (Å²) in [6.07, 6.45) is 3.94. The summed E-state index contributed by atoms with van der Waals surface area (Å²) in [7, 11) is 0. The topological polar surface area (TPSA) is 131 Å². The first-order valence-corrected chi connectivity index (χ1v) is 13.7. The highest BCUT2D eigenvalue weighted by molar-refractivity contribution is 6.00. The zero-order chi connectivity index (χ0) is 28.7. The summed E-state index contributed by atoms with van der Waals surface area (Å²) in [6, 6.07) is 7.30. The molecular formula is C29H38N6O5. The average molecular weight is 551 g/mol. The highest BCUT2D eigenvalue weighted by Crippen LogP contribution is 2.39. The lowest BCUT2D eigenvalue weighted by Crippen LogP contribution is -2.47. The third-order valence-corrected chi connectivity index (χ3v) is 7.56. The molecule has 2 amide bonds. The Morgan fingerprint density at radius 1 is 1.18 bits per heavy atom. The van der Waals surface area contributed by atoms with Crippen molar-refractivity contribution in [1.82, 2.24) is 15.3 Å². The molecule has 214 valence electrons. The van der Waals surface area contributed by atoms with Gasteiger partial charge in [-0.3, -0.25) is 4.79 Å². The Morgan fingerprint density at radius 3 is 2.62 bits per heavy atom. The smallest absolute Gasteiger partial charge is 0.407 e. The number of aromatic nitrogens is 2. The van der Waals surface area contributed by atoms with Crippen LogP contribution in [0.25, 0.3) is 11.1 Å². The SMILES string of the molecule is CCC1(CNC(=O)OC(C)(C)C)CCN(c2nc(Nc3ccc4c(c3)NC(=O)C(C)(C)O4)nc3ccoc23)CC1. The zero-order valence-electron chi connectivity index (χ0n) is 24.0. The molecule has 2 aliphatic heterocycles. The Hall–Kier alpha value is -4.02. The van der Waals surface area contributed by atoms with Crippen LogP contribution in [0.5, 0.6) is 5.75 Å². The predicted molar refractivity (Wildman–Crippen MR) is 153 cm³/mol. The van der Waals surface area contributed by atoms with Gasteiger partial charge in [0.1, 0.15) is 16.9 Å². The minimum atomic E-state index is -0.929. The van der Waals surface area contributed by atoms with Gasteiger partial charge in [0.25, 0.3) is 5.91 Å². The van der Waals surface area contributed by atoms with Gasteiger partial charge in [-0.2, -0.15) is 4.98 Å². The van der Waals surface area contributed by atoms with E-state index < -0.39 is 11.2 Å². The summed E-state index contributed by atoms with van der Waals surface area (Å²) in [4.78, 5) is 36.3. The van der Waals surface area contributed by atoms with Crippen LogP contribution >= 0.6 is 0 Å². The van der Waals surface area contributed by atoms with Crippen molar-refractivity contribution >= 4 is 46.2 Å². The van der Waals surface area contributed by atoms with Crippen molar-refractivity contribution < 1.29 is 23.5 Å². The number of piperidine rings is 1. The zero-order valence-corrected chi connectivity index (χ0v) is 24.0. The molecule has 0 unspecified atom stereocenters. The van der Waals surface area contributed by atoms with E-state index in [1.165, 1.54) is 0 Å². The number of hydrogen-bond donors (Lipinski definition) is 3. The summed E-state index contributed by atoms with van der Waals surface area (Å²) < 4.78 is 17.1. The number of rotatable bonds is 6. The van der Waals surface area contributed by atoms with Crippen molar-refractivity contribution in [1.29, 1.82) is 0 Å². The molecule has 1 saturated heterocycles. The lowest BCUT2D eigenvalue weighted by atomic mass is 9.76. The largest absolute Gasteiger partial charge is 0.476 e.